The molecular formula is C21H21N3O3S. The Hall–Kier alpha value is -2.51. The summed E-state index contributed by atoms with van der Waals surface area (Å²) >= 11 is 1.72. The van der Waals surface area contributed by atoms with E-state index >= 15 is 0 Å². The standard InChI is InChI=1S/C21H21N3O3S/c1-2-27-18-8-17(19-9-22-21(28-19)12-3-4-12)24-16-6-5-14(7-15(16)18)23-20(25)13-10-26-11-13/h5-9,12-13H,2-4,10-11H2,1H3,(H,23,25). The van der Waals surface area contributed by atoms with Crippen molar-refractivity contribution in [1.82, 2.24) is 9.97 Å². The van der Waals surface area contributed by atoms with Gasteiger partial charge in [0.05, 0.1) is 46.8 Å². The molecule has 2 aromatic heterocycles. The van der Waals surface area contributed by atoms with E-state index in [1.54, 1.807) is 11.3 Å². The minimum atomic E-state index is -0.0606. The number of ether oxygens (including phenoxy) is 2. The van der Waals surface area contributed by atoms with Crippen molar-refractivity contribution in [2.75, 3.05) is 25.1 Å². The number of anilines is 1. The molecule has 0 bridgehead atoms. The van der Waals surface area contributed by atoms with Gasteiger partial charge in [-0.1, -0.05) is 0 Å². The number of benzene rings is 1. The maximum absolute atomic E-state index is 12.2. The first-order chi connectivity index (χ1) is 13.7. The van der Waals surface area contributed by atoms with Gasteiger partial charge < -0.3 is 14.8 Å². The molecule has 2 aliphatic rings. The lowest BCUT2D eigenvalue weighted by Crippen LogP contribution is -2.38. The molecule has 6 nitrogen and oxygen atoms in total. The molecule has 0 spiro atoms. The van der Waals surface area contributed by atoms with Crippen molar-refractivity contribution in [3.05, 3.63) is 35.5 Å². The van der Waals surface area contributed by atoms with Crippen molar-refractivity contribution < 1.29 is 14.3 Å². The summed E-state index contributed by atoms with van der Waals surface area (Å²) in [6, 6.07) is 7.71. The fraction of sp³-hybridized carbons (Fsp3) is 0.381. The summed E-state index contributed by atoms with van der Waals surface area (Å²) in [5.74, 6) is 1.34. The van der Waals surface area contributed by atoms with Gasteiger partial charge in [0.2, 0.25) is 5.91 Å². The number of nitrogens with zero attached hydrogens (tertiary/aromatic N) is 2. The van der Waals surface area contributed by atoms with Gasteiger partial charge in [-0.3, -0.25) is 4.79 Å². The molecule has 1 saturated carbocycles. The van der Waals surface area contributed by atoms with E-state index in [1.807, 2.05) is 37.4 Å². The zero-order chi connectivity index (χ0) is 19.1. The Kier molecular flexibility index (Phi) is 4.49. The molecule has 0 radical (unpaired) electrons. The largest absolute Gasteiger partial charge is 0.493 e. The molecule has 2 fully saturated rings. The van der Waals surface area contributed by atoms with E-state index in [0.29, 0.717) is 25.7 Å². The van der Waals surface area contributed by atoms with Crippen molar-refractivity contribution in [3.63, 3.8) is 0 Å². The van der Waals surface area contributed by atoms with E-state index in [1.165, 1.54) is 17.8 Å². The van der Waals surface area contributed by atoms with Gasteiger partial charge in [-0.2, -0.15) is 0 Å². The van der Waals surface area contributed by atoms with Crippen molar-refractivity contribution in [1.29, 1.82) is 0 Å². The summed E-state index contributed by atoms with van der Waals surface area (Å²) < 4.78 is 11.0. The van der Waals surface area contributed by atoms with E-state index < -0.39 is 0 Å². The number of carbonyl (C=O) groups is 1. The summed E-state index contributed by atoms with van der Waals surface area (Å²) in [4.78, 5) is 22.7. The molecule has 1 amide bonds. The van der Waals surface area contributed by atoms with E-state index in [4.69, 9.17) is 14.5 Å². The minimum Gasteiger partial charge on any atom is -0.493 e. The van der Waals surface area contributed by atoms with Gasteiger partial charge in [0.25, 0.3) is 0 Å². The van der Waals surface area contributed by atoms with Crippen LogP contribution < -0.4 is 10.1 Å². The number of fused-ring (bicyclic) bond motifs is 1. The Morgan fingerprint density at radius 3 is 2.89 bits per heavy atom. The van der Waals surface area contributed by atoms with Crippen LogP contribution in [0.4, 0.5) is 5.69 Å². The second-order valence-electron chi connectivity index (χ2n) is 7.23. The molecule has 7 heteroatoms. The number of carbonyl (C=O) groups excluding carboxylic acids is 1. The van der Waals surface area contributed by atoms with Gasteiger partial charge in [0.1, 0.15) is 5.75 Å². The predicted molar refractivity (Wildman–Crippen MR) is 109 cm³/mol. The first-order valence-electron chi connectivity index (χ1n) is 9.63. The second-order valence-corrected chi connectivity index (χ2v) is 8.29. The van der Waals surface area contributed by atoms with Gasteiger partial charge >= 0.3 is 0 Å². The summed E-state index contributed by atoms with van der Waals surface area (Å²) in [6.07, 6.45) is 4.39. The number of hydrogen-bond acceptors (Lipinski definition) is 6. The zero-order valence-electron chi connectivity index (χ0n) is 15.6. The Bertz CT molecular complexity index is 1040. The summed E-state index contributed by atoms with van der Waals surface area (Å²) in [6.45, 7) is 3.51. The third-order valence-corrected chi connectivity index (χ3v) is 6.23. The van der Waals surface area contributed by atoms with E-state index in [-0.39, 0.29) is 11.8 Å². The van der Waals surface area contributed by atoms with Crippen LogP contribution in [0.1, 0.15) is 30.7 Å². The fourth-order valence-corrected chi connectivity index (χ4v) is 4.28. The number of rotatable bonds is 6. The molecule has 28 heavy (non-hydrogen) atoms. The highest BCUT2D eigenvalue weighted by molar-refractivity contribution is 7.15. The number of nitrogens with one attached hydrogen (secondary N) is 1. The van der Waals surface area contributed by atoms with Gasteiger partial charge in [-0.15, -0.1) is 11.3 Å². The Balaban J connectivity index is 1.49. The lowest BCUT2D eigenvalue weighted by molar-refractivity contribution is -0.133. The molecule has 1 N–H and O–H groups in total. The van der Waals surface area contributed by atoms with Crippen LogP contribution in [0.2, 0.25) is 0 Å². The maximum Gasteiger partial charge on any atom is 0.232 e. The van der Waals surface area contributed by atoms with E-state index in [9.17, 15) is 4.79 Å². The lowest BCUT2D eigenvalue weighted by atomic mass is 10.1. The summed E-state index contributed by atoms with van der Waals surface area (Å²) in [5, 5.41) is 5.05. The van der Waals surface area contributed by atoms with Crippen LogP contribution in [-0.4, -0.2) is 35.7 Å². The van der Waals surface area contributed by atoms with E-state index in [2.05, 4.69) is 10.3 Å². The Morgan fingerprint density at radius 2 is 2.18 bits per heavy atom. The van der Waals surface area contributed by atoms with Crippen molar-refractivity contribution in [2.45, 2.75) is 25.7 Å². The van der Waals surface area contributed by atoms with E-state index in [0.717, 1.165) is 32.9 Å². The number of hydrogen-bond donors (Lipinski definition) is 1. The number of aromatic nitrogens is 2. The molecule has 1 aliphatic carbocycles. The highest BCUT2D eigenvalue weighted by Crippen LogP contribution is 2.44. The third kappa shape index (κ3) is 3.36. The minimum absolute atomic E-state index is 0.00888. The molecule has 1 aliphatic heterocycles. The van der Waals surface area contributed by atoms with Gasteiger partial charge in [0, 0.05) is 29.3 Å². The Labute approximate surface area is 166 Å². The fourth-order valence-electron chi connectivity index (χ4n) is 3.23. The average molecular weight is 395 g/mol. The van der Waals surface area contributed by atoms with Crippen LogP contribution in [0.5, 0.6) is 5.75 Å². The predicted octanol–water partition coefficient (Wildman–Crippen LogP) is 4.22. The maximum atomic E-state index is 12.2. The molecule has 0 unspecified atom stereocenters. The molecule has 3 heterocycles. The van der Waals surface area contributed by atoms with Crippen LogP contribution in [0.25, 0.3) is 21.5 Å². The molecule has 5 rings (SSSR count). The van der Waals surface area contributed by atoms with Gasteiger partial charge in [-0.05, 0) is 38.0 Å². The van der Waals surface area contributed by atoms with Crippen LogP contribution in [0.15, 0.2) is 30.5 Å². The zero-order valence-corrected chi connectivity index (χ0v) is 16.4. The van der Waals surface area contributed by atoms with Crippen molar-refractivity contribution in [2.24, 2.45) is 5.92 Å². The third-order valence-electron chi connectivity index (χ3n) is 5.05. The summed E-state index contributed by atoms with van der Waals surface area (Å²) in [5.41, 5.74) is 2.46. The monoisotopic (exact) mass is 395 g/mol. The first-order valence-corrected chi connectivity index (χ1v) is 10.4. The summed E-state index contributed by atoms with van der Waals surface area (Å²) in [7, 11) is 0. The van der Waals surface area contributed by atoms with Crippen LogP contribution in [0, 0.1) is 5.92 Å². The quantitative estimate of drug-likeness (QED) is 0.676. The number of pyridine rings is 1. The molecule has 1 aromatic carbocycles. The highest BCUT2D eigenvalue weighted by atomic mass is 32.1. The molecule has 3 aromatic rings. The number of amides is 1. The highest BCUT2D eigenvalue weighted by Gasteiger charge is 2.28. The van der Waals surface area contributed by atoms with Crippen molar-refractivity contribution in [3.8, 4) is 16.3 Å². The second kappa shape index (κ2) is 7.14. The Morgan fingerprint density at radius 1 is 1.32 bits per heavy atom. The van der Waals surface area contributed by atoms with Crippen molar-refractivity contribution >= 4 is 33.8 Å². The van der Waals surface area contributed by atoms with Gasteiger partial charge in [0.15, 0.2) is 0 Å². The molecule has 1 saturated heterocycles. The normalized spacial score (nSPS) is 16.8. The smallest absolute Gasteiger partial charge is 0.232 e. The van der Waals surface area contributed by atoms with Crippen LogP contribution in [0.3, 0.4) is 0 Å². The first kappa shape index (κ1) is 17.6. The SMILES string of the molecule is CCOc1cc(-c2cnc(C3CC3)s2)nc2ccc(NC(=O)C3COC3)cc12. The molecule has 0 atom stereocenters. The lowest BCUT2D eigenvalue weighted by Gasteiger charge is -2.24. The topological polar surface area (TPSA) is 73.3 Å². The average Bonchev–Trinajstić information content (AvgIpc) is 3.37. The molecular weight excluding hydrogens is 374 g/mol. The van der Waals surface area contributed by atoms with Crippen LogP contribution >= 0.6 is 11.3 Å². The molecule has 144 valence electrons. The number of thiazole rings is 1. The van der Waals surface area contributed by atoms with Gasteiger partial charge in [-0.25, -0.2) is 9.97 Å². The van der Waals surface area contributed by atoms with Crippen LogP contribution in [-0.2, 0) is 9.53 Å².